The lowest BCUT2D eigenvalue weighted by atomic mass is 9.91. The Bertz CT molecular complexity index is 923. The Balaban J connectivity index is 1.77. The average Bonchev–Trinajstić information content (AvgIpc) is 3.15. The molecule has 0 aliphatic heterocycles. The molecule has 2 aromatic rings. The third-order valence-corrected chi connectivity index (χ3v) is 5.92. The predicted molar refractivity (Wildman–Crippen MR) is 113 cm³/mol. The standard InChI is InChI=1S/C21H25ClN2O3S/c1-28(26,27)24-19-9-5-4-8-17(19)14-20(25)23-21(15-6-2-3-7-15)16-10-12-18(22)13-11-16/h4-5,8-13,15,21,24H,2-3,6-7,14H2,1H3,(H,23,25). The molecule has 1 fully saturated rings. The van der Waals surface area contributed by atoms with Crippen LogP contribution in [0.5, 0.6) is 0 Å². The molecular formula is C21H25ClN2O3S. The highest BCUT2D eigenvalue weighted by atomic mass is 35.5. The van der Waals surface area contributed by atoms with E-state index in [-0.39, 0.29) is 18.4 Å². The number of hydrogen-bond acceptors (Lipinski definition) is 3. The molecule has 2 N–H and O–H groups in total. The fourth-order valence-electron chi connectivity index (χ4n) is 3.81. The van der Waals surface area contributed by atoms with Crippen molar-refractivity contribution in [2.45, 2.75) is 38.1 Å². The number of rotatable bonds is 7. The molecule has 7 heteroatoms. The van der Waals surface area contributed by atoms with Crippen LogP contribution in [-0.4, -0.2) is 20.6 Å². The van der Waals surface area contributed by atoms with Gasteiger partial charge in [0.2, 0.25) is 15.9 Å². The van der Waals surface area contributed by atoms with Crippen molar-refractivity contribution in [3.8, 4) is 0 Å². The van der Waals surface area contributed by atoms with E-state index in [1.807, 2.05) is 24.3 Å². The summed E-state index contributed by atoms with van der Waals surface area (Å²) in [6.45, 7) is 0. The molecule has 0 spiro atoms. The van der Waals surface area contributed by atoms with Gasteiger partial charge in [-0.1, -0.05) is 54.8 Å². The van der Waals surface area contributed by atoms with Crippen molar-refractivity contribution >= 4 is 33.2 Å². The Morgan fingerprint density at radius 1 is 1.11 bits per heavy atom. The maximum Gasteiger partial charge on any atom is 0.229 e. The molecule has 1 unspecified atom stereocenters. The summed E-state index contributed by atoms with van der Waals surface area (Å²) in [6, 6.07) is 14.5. The Labute approximate surface area is 171 Å². The summed E-state index contributed by atoms with van der Waals surface area (Å²) >= 11 is 6.02. The van der Waals surface area contributed by atoms with Crippen LogP contribution in [0.25, 0.3) is 0 Å². The molecule has 0 saturated heterocycles. The number of amides is 1. The average molecular weight is 421 g/mol. The fourth-order valence-corrected chi connectivity index (χ4v) is 4.53. The van der Waals surface area contributed by atoms with Gasteiger partial charge in [-0.15, -0.1) is 0 Å². The molecule has 5 nitrogen and oxygen atoms in total. The van der Waals surface area contributed by atoms with Crippen LogP contribution in [0.1, 0.15) is 42.9 Å². The number of nitrogens with one attached hydrogen (secondary N) is 2. The van der Waals surface area contributed by atoms with Gasteiger partial charge in [-0.25, -0.2) is 8.42 Å². The van der Waals surface area contributed by atoms with Gasteiger partial charge >= 0.3 is 0 Å². The van der Waals surface area contributed by atoms with Crippen molar-refractivity contribution in [3.63, 3.8) is 0 Å². The number of carbonyl (C=O) groups excluding carboxylic acids is 1. The lowest BCUT2D eigenvalue weighted by molar-refractivity contribution is -0.121. The van der Waals surface area contributed by atoms with Crippen LogP contribution >= 0.6 is 11.6 Å². The Morgan fingerprint density at radius 3 is 2.39 bits per heavy atom. The van der Waals surface area contributed by atoms with Crippen LogP contribution in [0.3, 0.4) is 0 Å². The highest BCUT2D eigenvalue weighted by molar-refractivity contribution is 7.92. The van der Waals surface area contributed by atoms with Gasteiger partial charge in [-0.05, 0) is 48.1 Å². The highest BCUT2D eigenvalue weighted by Gasteiger charge is 2.28. The lowest BCUT2D eigenvalue weighted by Gasteiger charge is -2.25. The van der Waals surface area contributed by atoms with E-state index < -0.39 is 10.0 Å². The normalized spacial score (nSPS) is 15.9. The molecular weight excluding hydrogens is 396 g/mol. The zero-order chi connectivity index (χ0) is 20.1. The zero-order valence-electron chi connectivity index (χ0n) is 15.8. The van der Waals surface area contributed by atoms with Crippen LogP contribution < -0.4 is 10.0 Å². The topological polar surface area (TPSA) is 75.3 Å². The van der Waals surface area contributed by atoms with Crippen molar-refractivity contribution in [1.82, 2.24) is 5.32 Å². The van der Waals surface area contributed by atoms with Gasteiger partial charge in [0.15, 0.2) is 0 Å². The van der Waals surface area contributed by atoms with E-state index in [2.05, 4.69) is 10.0 Å². The highest BCUT2D eigenvalue weighted by Crippen LogP contribution is 2.36. The molecule has 1 atom stereocenters. The smallest absolute Gasteiger partial charge is 0.229 e. The molecule has 1 aliphatic carbocycles. The zero-order valence-corrected chi connectivity index (χ0v) is 17.4. The van der Waals surface area contributed by atoms with E-state index in [0.29, 0.717) is 22.2 Å². The third-order valence-electron chi connectivity index (χ3n) is 5.08. The number of benzene rings is 2. The fraction of sp³-hybridized carbons (Fsp3) is 0.381. The Kier molecular flexibility index (Phi) is 6.62. The monoisotopic (exact) mass is 420 g/mol. The summed E-state index contributed by atoms with van der Waals surface area (Å²) in [4.78, 5) is 12.8. The van der Waals surface area contributed by atoms with E-state index in [1.165, 1.54) is 12.8 Å². The van der Waals surface area contributed by atoms with Crippen LogP contribution in [0.2, 0.25) is 5.02 Å². The minimum atomic E-state index is -3.41. The first-order valence-corrected chi connectivity index (χ1v) is 11.7. The molecule has 0 heterocycles. The van der Waals surface area contributed by atoms with Gasteiger partial charge in [0.1, 0.15) is 0 Å². The molecule has 0 aromatic heterocycles. The van der Waals surface area contributed by atoms with E-state index in [1.54, 1.807) is 24.3 Å². The third kappa shape index (κ3) is 5.72. The number of sulfonamides is 1. The Hall–Kier alpha value is -2.05. The molecule has 1 saturated carbocycles. The largest absolute Gasteiger partial charge is 0.349 e. The number of carbonyl (C=O) groups is 1. The van der Waals surface area contributed by atoms with Gasteiger partial charge in [0.05, 0.1) is 24.4 Å². The van der Waals surface area contributed by atoms with Crippen LogP contribution in [0, 0.1) is 5.92 Å². The molecule has 28 heavy (non-hydrogen) atoms. The minimum absolute atomic E-state index is 0.0673. The van der Waals surface area contributed by atoms with E-state index in [0.717, 1.165) is 24.7 Å². The number of anilines is 1. The van der Waals surface area contributed by atoms with Gasteiger partial charge in [-0.3, -0.25) is 9.52 Å². The summed E-state index contributed by atoms with van der Waals surface area (Å²) in [7, 11) is -3.41. The molecule has 2 aromatic carbocycles. The second-order valence-corrected chi connectivity index (χ2v) is 9.53. The molecule has 0 bridgehead atoms. The van der Waals surface area contributed by atoms with Gasteiger partial charge in [-0.2, -0.15) is 0 Å². The van der Waals surface area contributed by atoms with E-state index in [9.17, 15) is 13.2 Å². The van der Waals surface area contributed by atoms with Crippen molar-refractivity contribution in [3.05, 3.63) is 64.7 Å². The van der Waals surface area contributed by atoms with Crippen molar-refractivity contribution < 1.29 is 13.2 Å². The minimum Gasteiger partial charge on any atom is -0.349 e. The van der Waals surface area contributed by atoms with Gasteiger partial charge in [0.25, 0.3) is 0 Å². The SMILES string of the molecule is CS(=O)(=O)Nc1ccccc1CC(=O)NC(c1ccc(Cl)cc1)C1CCCC1. The second kappa shape index (κ2) is 8.97. The first-order chi connectivity index (χ1) is 13.3. The maximum absolute atomic E-state index is 12.8. The van der Waals surface area contributed by atoms with Crippen LogP contribution in [0.15, 0.2) is 48.5 Å². The molecule has 3 rings (SSSR count). The van der Waals surface area contributed by atoms with Crippen LogP contribution in [-0.2, 0) is 21.2 Å². The van der Waals surface area contributed by atoms with Crippen molar-refractivity contribution in [1.29, 1.82) is 0 Å². The summed E-state index contributed by atoms with van der Waals surface area (Å²) in [5, 5.41) is 3.84. The first kappa shape index (κ1) is 20.7. The summed E-state index contributed by atoms with van der Waals surface area (Å²) < 4.78 is 25.6. The van der Waals surface area contributed by atoms with Gasteiger partial charge in [0, 0.05) is 5.02 Å². The lowest BCUT2D eigenvalue weighted by Crippen LogP contribution is -2.34. The quantitative estimate of drug-likeness (QED) is 0.701. The van der Waals surface area contributed by atoms with Crippen molar-refractivity contribution in [2.75, 3.05) is 11.0 Å². The predicted octanol–water partition coefficient (Wildman–Crippen LogP) is 4.30. The molecule has 1 aliphatic rings. The number of hydrogen-bond donors (Lipinski definition) is 2. The number of halogens is 1. The molecule has 150 valence electrons. The summed E-state index contributed by atoms with van der Waals surface area (Å²) in [5.41, 5.74) is 2.13. The maximum atomic E-state index is 12.8. The second-order valence-electron chi connectivity index (χ2n) is 7.35. The van der Waals surface area contributed by atoms with Crippen molar-refractivity contribution in [2.24, 2.45) is 5.92 Å². The van der Waals surface area contributed by atoms with E-state index in [4.69, 9.17) is 11.6 Å². The molecule has 0 radical (unpaired) electrons. The molecule has 1 amide bonds. The summed E-state index contributed by atoms with van der Waals surface area (Å²) in [5.74, 6) is 0.268. The summed E-state index contributed by atoms with van der Waals surface area (Å²) in [6.07, 6.45) is 5.72. The first-order valence-electron chi connectivity index (χ1n) is 9.42. The Morgan fingerprint density at radius 2 is 1.75 bits per heavy atom. The number of para-hydroxylation sites is 1. The van der Waals surface area contributed by atoms with E-state index >= 15 is 0 Å². The van der Waals surface area contributed by atoms with Gasteiger partial charge < -0.3 is 5.32 Å². The van der Waals surface area contributed by atoms with Crippen LogP contribution in [0.4, 0.5) is 5.69 Å².